The van der Waals surface area contributed by atoms with Gasteiger partial charge in [-0.1, -0.05) is 13.8 Å². The molecule has 1 aliphatic heterocycles. The zero-order valence-corrected chi connectivity index (χ0v) is 13.9. The topological polar surface area (TPSA) is 66.5 Å². The largest absolute Gasteiger partial charge is 0.315 e. The average Bonchev–Trinajstić information content (AvgIpc) is 2.33. The number of benzene rings is 1. The van der Waals surface area contributed by atoms with Gasteiger partial charge in [0.05, 0.1) is 4.90 Å². The number of hydrogen-bond donors (Lipinski definition) is 1. The van der Waals surface area contributed by atoms with Crippen molar-refractivity contribution in [3.8, 4) is 0 Å². The number of amides is 1. The van der Waals surface area contributed by atoms with E-state index in [9.17, 15) is 13.2 Å². The Labute approximate surface area is 126 Å². The van der Waals surface area contributed by atoms with Gasteiger partial charge in [0, 0.05) is 30.6 Å². The maximum absolute atomic E-state index is 12.3. The van der Waals surface area contributed by atoms with Crippen molar-refractivity contribution in [2.45, 2.75) is 50.5 Å². The zero-order valence-electron chi connectivity index (χ0n) is 13.1. The molecule has 21 heavy (non-hydrogen) atoms. The molecule has 0 atom stereocenters. The van der Waals surface area contributed by atoms with Crippen LogP contribution < -0.4 is 9.62 Å². The maximum atomic E-state index is 12.3. The first-order valence-electron chi connectivity index (χ1n) is 6.98. The van der Waals surface area contributed by atoms with Gasteiger partial charge >= 0.3 is 0 Å². The highest BCUT2D eigenvalue weighted by Gasteiger charge is 2.36. The van der Waals surface area contributed by atoms with Gasteiger partial charge in [0.1, 0.15) is 0 Å². The molecule has 0 saturated carbocycles. The minimum atomic E-state index is -3.53. The van der Waals surface area contributed by atoms with Crippen LogP contribution >= 0.6 is 0 Å². The van der Waals surface area contributed by atoms with Crippen LogP contribution in [-0.4, -0.2) is 27.4 Å². The van der Waals surface area contributed by atoms with E-state index in [2.05, 4.69) is 4.72 Å². The molecule has 0 saturated heterocycles. The highest BCUT2D eigenvalue weighted by molar-refractivity contribution is 7.89. The SMILES string of the molecule is CC(C)NS(=O)(=O)c1ccc2c(c1)C(C)(C)CC(=O)N2C. The van der Waals surface area contributed by atoms with Crippen molar-refractivity contribution >= 4 is 21.6 Å². The first-order valence-corrected chi connectivity index (χ1v) is 8.46. The van der Waals surface area contributed by atoms with Gasteiger partial charge in [-0.25, -0.2) is 13.1 Å². The molecule has 0 fully saturated rings. The molecule has 1 aliphatic rings. The molecule has 0 aromatic heterocycles. The van der Waals surface area contributed by atoms with Crippen molar-refractivity contribution in [1.29, 1.82) is 0 Å². The van der Waals surface area contributed by atoms with Crippen LogP contribution in [0.5, 0.6) is 0 Å². The van der Waals surface area contributed by atoms with E-state index in [-0.39, 0.29) is 22.3 Å². The third-order valence-electron chi connectivity index (χ3n) is 3.73. The van der Waals surface area contributed by atoms with Crippen LogP contribution in [0.1, 0.15) is 39.7 Å². The quantitative estimate of drug-likeness (QED) is 0.929. The van der Waals surface area contributed by atoms with Crippen molar-refractivity contribution in [2.24, 2.45) is 0 Å². The van der Waals surface area contributed by atoms with Crippen molar-refractivity contribution in [1.82, 2.24) is 4.72 Å². The second-order valence-corrected chi connectivity index (χ2v) is 8.18. The van der Waals surface area contributed by atoms with Crippen molar-refractivity contribution in [2.75, 3.05) is 11.9 Å². The van der Waals surface area contributed by atoms with Crippen LogP contribution in [0.15, 0.2) is 23.1 Å². The molecule has 0 spiro atoms. The normalized spacial score (nSPS) is 18.0. The van der Waals surface area contributed by atoms with Crippen LogP contribution in [0.2, 0.25) is 0 Å². The number of hydrogen-bond acceptors (Lipinski definition) is 3. The molecule has 2 rings (SSSR count). The van der Waals surface area contributed by atoms with E-state index in [4.69, 9.17) is 0 Å². The van der Waals surface area contributed by atoms with E-state index in [0.29, 0.717) is 6.42 Å². The summed E-state index contributed by atoms with van der Waals surface area (Å²) in [5.74, 6) is 0.0448. The third-order valence-corrected chi connectivity index (χ3v) is 5.38. The molecule has 0 bridgehead atoms. The third kappa shape index (κ3) is 2.96. The smallest absolute Gasteiger partial charge is 0.240 e. The molecule has 0 unspecified atom stereocenters. The van der Waals surface area contributed by atoms with Crippen molar-refractivity contribution in [3.05, 3.63) is 23.8 Å². The van der Waals surface area contributed by atoms with Gasteiger partial charge in [0.25, 0.3) is 0 Å². The molecule has 1 amide bonds. The van der Waals surface area contributed by atoms with E-state index in [1.54, 1.807) is 44.0 Å². The molecule has 0 radical (unpaired) electrons. The van der Waals surface area contributed by atoms with Gasteiger partial charge in [-0.3, -0.25) is 4.79 Å². The lowest BCUT2D eigenvalue weighted by Crippen LogP contribution is -2.39. The van der Waals surface area contributed by atoms with Gasteiger partial charge in [-0.05, 0) is 37.6 Å². The van der Waals surface area contributed by atoms with Crippen LogP contribution in [0.25, 0.3) is 0 Å². The van der Waals surface area contributed by atoms with Gasteiger partial charge < -0.3 is 4.90 Å². The predicted molar refractivity (Wildman–Crippen MR) is 83.0 cm³/mol. The van der Waals surface area contributed by atoms with Crippen LogP contribution in [0.3, 0.4) is 0 Å². The van der Waals surface area contributed by atoms with Crippen molar-refractivity contribution < 1.29 is 13.2 Å². The number of nitrogens with one attached hydrogen (secondary N) is 1. The monoisotopic (exact) mass is 310 g/mol. The van der Waals surface area contributed by atoms with Crippen LogP contribution in [-0.2, 0) is 20.2 Å². The summed E-state index contributed by atoms with van der Waals surface area (Å²) in [6, 6.07) is 4.78. The van der Waals surface area contributed by atoms with Gasteiger partial charge in [0.2, 0.25) is 15.9 Å². The summed E-state index contributed by atoms with van der Waals surface area (Å²) >= 11 is 0. The number of carbonyl (C=O) groups excluding carboxylic acids is 1. The number of sulfonamides is 1. The maximum Gasteiger partial charge on any atom is 0.240 e. The van der Waals surface area contributed by atoms with Crippen LogP contribution in [0.4, 0.5) is 5.69 Å². The molecular weight excluding hydrogens is 288 g/mol. The lowest BCUT2D eigenvalue weighted by atomic mass is 9.77. The fourth-order valence-corrected chi connectivity index (χ4v) is 3.90. The average molecular weight is 310 g/mol. The molecule has 1 heterocycles. The lowest BCUT2D eigenvalue weighted by molar-refractivity contribution is -0.119. The molecule has 1 aromatic carbocycles. The summed E-state index contributed by atoms with van der Waals surface area (Å²) in [5, 5.41) is 0. The summed E-state index contributed by atoms with van der Waals surface area (Å²) in [7, 11) is -1.81. The number of anilines is 1. The second-order valence-electron chi connectivity index (χ2n) is 6.47. The van der Waals surface area contributed by atoms with Gasteiger partial charge in [-0.2, -0.15) is 0 Å². The molecule has 6 heteroatoms. The minimum Gasteiger partial charge on any atom is -0.315 e. The van der Waals surface area contributed by atoms with Crippen molar-refractivity contribution in [3.63, 3.8) is 0 Å². The number of rotatable bonds is 3. The highest BCUT2D eigenvalue weighted by atomic mass is 32.2. The molecule has 0 aliphatic carbocycles. The Morgan fingerprint density at radius 3 is 2.48 bits per heavy atom. The molecular formula is C15H22N2O3S. The predicted octanol–water partition coefficient (Wildman–Crippen LogP) is 2.02. The summed E-state index contributed by atoms with van der Waals surface area (Å²) in [6.07, 6.45) is 0.373. The summed E-state index contributed by atoms with van der Waals surface area (Å²) in [5.41, 5.74) is 1.29. The Balaban J connectivity index is 2.56. The summed E-state index contributed by atoms with van der Waals surface area (Å²) < 4.78 is 27.2. The molecule has 5 nitrogen and oxygen atoms in total. The highest BCUT2D eigenvalue weighted by Crippen LogP contribution is 2.40. The Kier molecular flexibility index (Phi) is 3.88. The van der Waals surface area contributed by atoms with E-state index in [1.165, 1.54) is 0 Å². The van der Waals surface area contributed by atoms with Crippen LogP contribution in [0, 0.1) is 0 Å². The standard InChI is InChI=1S/C15H22N2O3S/c1-10(2)16-21(19,20)11-6-7-13-12(8-11)15(3,4)9-14(18)17(13)5/h6-8,10,16H,9H2,1-5H3. The van der Waals surface area contributed by atoms with E-state index < -0.39 is 10.0 Å². The second kappa shape index (κ2) is 5.10. The Morgan fingerprint density at radius 2 is 1.90 bits per heavy atom. The Morgan fingerprint density at radius 1 is 1.29 bits per heavy atom. The first-order chi connectivity index (χ1) is 9.54. The number of fused-ring (bicyclic) bond motifs is 1. The number of carbonyl (C=O) groups is 1. The van der Waals surface area contributed by atoms with Gasteiger partial charge in [-0.15, -0.1) is 0 Å². The number of nitrogens with zero attached hydrogens (tertiary/aromatic N) is 1. The molecule has 116 valence electrons. The van der Waals surface area contributed by atoms with E-state index in [1.807, 2.05) is 13.8 Å². The molecule has 1 N–H and O–H groups in total. The van der Waals surface area contributed by atoms with E-state index in [0.717, 1.165) is 11.3 Å². The Bertz CT molecular complexity index is 678. The Hall–Kier alpha value is -1.40. The minimum absolute atomic E-state index is 0.0448. The fraction of sp³-hybridized carbons (Fsp3) is 0.533. The van der Waals surface area contributed by atoms with E-state index >= 15 is 0 Å². The van der Waals surface area contributed by atoms with Gasteiger partial charge in [0.15, 0.2) is 0 Å². The first kappa shape index (κ1) is 16.0. The fourth-order valence-electron chi connectivity index (χ4n) is 2.62. The summed E-state index contributed by atoms with van der Waals surface area (Å²) in [6.45, 7) is 7.49. The summed E-state index contributed by atoms with van der Waals surface area (Å²) in [4.78, 5) is 13.8. The molecule has 1 aromatic rings. The lowest BCUT2D eigenvalue weighted by Gasteiger charge is -2.37. The zero-order chi connectivity index (χ0) is 16.0.